The third-order valence-electron chi connectivity index (χ3n) is 3.01. The van der Waals surface area contributed by atoms with Crippen molar-refractivity contribution in [1.82, 2.24) is 24.7 Å². The highest BCUT2D eigenvalue weighted by atomic mass is 16.2. The standard InChI is InChI=1S/C12H13N7O/c1-7-15-9-5-8(3-4-10(9)19(7)2)16-12(20)17-11-13-6-14-18-11/h3-6H,1-2H3,(H3,13,14,16,17,18,20). The lowest BCUT2D eigenvalue weighted by Crippen LogP contribution is -2.20. The number of nitrogens with zero attached hydrogens (tertiary/aromatic N) is 4. The van der Waals surface area contributed by atoms with Crippen LogP contribution in [-0.4, -0.2) is 30.8 Å². The Morgan fingerprint density at radius 1 is 1.35 bits per heavy atom. The maximum Gasteiger partial charge on any atom is 0.326 e. The van der Waals surface area contributed by atoms with Crippen LogP contribution in [0, 0.1) is 6.92 Å². The van der Waals surface area contributed by atoms with Crippen molar-refractivity contribution in [2.45, 2.75) is 6.92 Å². The number of carbonyl (C=O) groups excluding carboxylic acids is 1. The van der Waals surface area contributed by atoms with Crippen LogP contribution in [0.4, 0.5) is 16.4 Å². The van der Waals surface area contributed by atoms with E-state index in [1.165, 1.54) is 6.33 Å². The zero-order valence-corrected chi connectivity index (χ0v) is 11.0. The van der Waals surface area contributed by atoms with Gasteiger partial charge in [-0.05, 0) is 25.1 Å². The highest BCUT2D eigenvalue weighted by Gasteiger charge is 2.08. The third kappa shape index (κ3) is 2.18. The summed E-state index contributed by atoms with van der Waals surface area (Å²) in [5.74, 6) is 1.21. The van der Waals surface area contributed by atoms with E-state index in [-0.39, 0.29) is 5.95 Å². The summed E-state index contributed by atoms with van der Waals surface area (Å²) in [5, 5.41) is 11.4. The number of hydrogen-bond acceptors (Lipinski definition) is 4. The molecule has 3 N–H and O–H groups in total. The number of H-pyrrole nitrogens is 1. The van der Waals surface area contributed by atoms with E-state index in [4.69, 9.17) is 0 Å². The lowest BCUT2D eigenvalue weighted by Gasteiger charge is -2.05. The number of nitrogens with one attached hydrogen (secondary N) is 3. The predicted octanol–water partition coefficient (Wildman–Crippen LogP) is 1.64. The van der Waals surface area contributed by atoms with Crippen LogP contribution in [0.5, 0.6) is 0 Å². The number of aryl methyl sites for hydroxylation is 2. The molecular weight excluding hydrogens is 258 g/mol. The first-order valence-corrected chi connectivity index (χ1v) is 6.00. The van der Waals surface area contributed by atoms with E-state index in [1.54, 1.807) is 0 Å². The number of urea groups is 1. The monoisotopic (exact) mass is 271 g/mol. The Labute approximate surface area is 114 Å². The zero-order chi connectivity index (χ0) is 14.1. The molecule has 0 radical (unpaired) electrons. The Balaban J connectivity index is 1.79. The Kier molecular flexibility index (Phi) is 2.82. The largest absolute Gasteiger partial charge is 0.331 e. The second-order valence-electron chi connectivity index (χ2n) is 4.33. The summed E-state index contributed by atoms with van der Waals surface area (Å²) in [4.78, 5) is 20.0. The van der Waals surface area contributed by atoms with Crippen LogP contribution >= 0.6 is 0 Å². The summed E-state index contributed by atoms with van der Waals surface area (Å²) >= 11 is 0. The van der Waals surface area contributed by atoms with Crippen LogP contribution in [0.15, 0.2) is 24.5 Å². The molecule has 102 valence electrons. The number of anilines is 2. The van der Waals surface area contributed by atoms with E-state index in [2.05, 4.69) is 30.8 Å². The van der Waals surface area contributed by atoms with Gasteiger partial charge in [-0.15, -0.1) is 0 Å². The number of rotatable bonds is 2. The number of hydrogen-bond donors (Lipinski definition) is 3. The van der Waals surface area contributed by atoms with Gasteiger partial charge in [-0.2, -0.15) is 10.1 Å². The molecule has 0 saturated carbocycles. The summed E-state index contributed by atoms with van der Waals surface area (Å²) in [6.07, 6.45) is 1.32. The summed E-state index contributed by atoms with van der Waals surface area (Å²) in [6, 6.07) is 5.17. The fourth-order valence-corrected chi connectivity index (χ4v) is 1.93. The molecule has 8 heteroatoms. The van der Waals surface area contributed by atoms with E-state index in [0.29, 0.717) is 5.69 Å². The van der Waals surface area contributed by atoms with Gasteiger partial charge in [0.1, 0.15) is 12.2 Å². The maximum absolute atomic E-state index is 11.8. The molecule has 2 heterocycles. The molecule has 0 aliphatic rings. The van der Waals surface area contributed by atoms with Gasteiger partial charge in [-0.1, -0.05) is 0 Å². The molecule has 0 atom stereocenters. The molecule has 3 rings (SSSR count). The van der Waals surface area contributed by atoms with Crippen molar-refractivity contribution in [2.24, 2.45) is 7.05 Å². The van der Waals surface area contributed by atoms with Gasteiger partial charge < -0.3 is 9.88 Å². The average molecular weight is 271 g/mol. The van der Waals surface area contributed by atoms with Crippen LogP contribution in [-0.2, 0) is 7.05 Å². The molecule has 0 saturated heterocycles. The van der Waals surface area contributed by atoms with E-state index < -0.39 is 6.03 Å². The summed E-state index contributed by atoms with van der Waals surface area (Å²) in [7, 11) is 1.95. The Morgan fingerprint density at radius 3 is 2.95 bits per heavy atom. The van der Waals surface area contributed by atoms with Crippen molar-refractivity contribution in [3.8, 4) is 0 Å². The highest BCUT2D eigenvalue weighted by Crippen LogP contribution is 2.19. The Hall–Kier alpha value is -2.90. The van der Waals surface area contributed by atoms with Gasteiger partial charge in [0.05, 0.1) is 11.0 Å². The molecule has 0 spiro atoms. The van der Waals surface area contributed by atoms with E-state index in [1.807, 2.05) is 36.7 Å². The van der Waals surface area contributed by atoms with E-state index in [9.17, 15) is 4.79 Å². The van der Waals surface area contributed by atoms with Gasteiger partial charge in [0.15, 0.2) is 0 Å². The summed E-state index contributed by atoms with van der Waals surface area (Å²) in [5.41, 5.74) is 2.51. The number of aromatic nitrogens is 5. The molecular formula is C12H13N7O. The van der Waals surface area contributed by atoms with Crippen molar-refractivity contribution in [2.75, 3.05) is 10.6 Å². The van der Waals surface area contributed by atoms with Crippen LogP contribution in [0.25, 0.3) is 11.0 Å². The van der Waals surface area contributed by atoms with Gasteiger partial charge in [0.2, 0.25) is 5.95 Å². The highest BCUT2D eigenvalue weighted by molar-refractivity contribution is 5.99. The number of fused-ring (bicyclic) bond motifs is 1. The van der Waals surface area contributed by atoms with Crippen molar-refractivity contribution in [3.05, 3.63) is 30.4 Å². The van der Waals surface area contributed by atoms with E-state index in [0.717, 1.165) is 16.9 Å². The first-order valence-electron chi connectivity index (χ1n) is 6.00. The quantitative estimate of drug-likeness (QED) is 0.659. The zero-order valence-electron chi connectivity index (χ0n) is 11.0. The SMILES string of the molecule is Cc1nc2cc(NC(=O)Nc3ncn[nH]3)ccc2n1C. The maximum atomic E-state index is 11.8. The molecule has 0 fully saturated rings. The number of aromatic amines is 1. The minimum atomic E-state index is -0.395. The summed E-state index contributed by atoms with van der Waals surface area (Å²) < 4.78 is 1.99. The number of imidazole rings is 1. The second kappa shape index (κ2) is 4.65. The number of benzene rings is 1. The van der Waals surface area contributed by atoms with Crippen molar-refractivity contribution >= 4 is 28.7 Å². The minimum absolute atomic E-state index is 0.289. The average Bonchev–Trinajstić information content (AvgIpc) is 2.99. The first-order chi connectivity index (χ1) is 9.63. The molecule has 0 unspecified atom stereocenters. The lowest BCUT2D eigenvalue weighted by atomic mass is 10.3. The molecule has 8 nitrogen and oxygen atoms in total. The Bertz CT molecular complexity index is 760. The number of amides is 2. The van der Waals surface area contributed by atoms with Crippen molar-refractivity contribution in [3.63, 3.8) is 0 Å². The first kappa shape index (κ1) is 12.2. The fraction of sp³-hybridized carbons (Fsp3) is 0.167. The van der Waals surface area contributed by atoms with Crippen LogP contribution in [0.3, 0.4) is 0 Å². The van der Waals surface area contributed by atoms with Gasteiger partial charge in [0.25, 0.3) is 0 Å². The van der Waals surface area contributed by atoms with Crippen molar-refractivity contribution in [1.29, 1.82) is 0 Å². The molecule has 1 aromatic carbocycles. The molecule has 2 amide bonds. The van der Waals surface area contributed by atoms with Gasteiger partial charge in [-0.3, -0.25) is 5.32 Å². The minimum Gasteiger partial charge on any atom is -0.331 e. The molecule has 2 aromatic heterocycles. The van der Waals surface area contributed by atoms with Gasteiger partial charge >= 0.3 is 6.03 Å². The Morgan fingerprint density at radius 2 is 2.20 bits per heavy atom. The molecule has 0 aliphatic carbocycles. The summed E-state index contributed by atoms with van der Waals surface area (Å²) in [6.45, 7) is 1.93. The molecule has 3 aromatic rings. The van der Waals surface area contributed by atoms with E-state index >= 15 is 0 Å². The predicted molar refractivity (Wildman–Crippen MR) is 74.5 cm³/mol. The van der Waals surface area contributed by atoms with Gasteiger partial charge in [-0.25, -0.2) is 14.9 Å². The fourth-order valence-electron chi connectivity index (χ4n) is 1.93. The number of carbonyl (C=O) groups is 1. The smallest absolute Gasteiger partial charge is 0.326 e. The molecule has 0 bridgehead atoms. The lowest BCUT2D eigenvalue weighted by molar-refractivity contribution is 0.262. The normalized spacial score (nSPS) is 10.7. The van der Waals surface area contributed by atoms with Crippen LogP contribution < -0.4 is 10.6 Å². The van der Waals surface area contributed by atoms with Crippen molar-refractivity contribution < 1.29 is 4.79 Å². The van der Waals surface area contributed by atoms with Crippen LogP contribution in [0.1, 0.15) is 5.82 Å². The topological polar surface area (TPSA) is 101 Å². The molecule has 0 aliphatic heterocycles. The third-order valence-corrected chi connectivity index (χ3v) is 3.01. The van der Waals surface area contributed by atoms with Gasteiger partial charge in [0, 0.05) is 12.7 Å². The molecule has 20 heavy (non-hydrogen) atoms. The second-order valence-corrected chi connectivity index (χ2v) is 4.33. The van der Waals surface area contributed by atoms with Crippen LogP contribution in [0.2, 0.25) is 0 Å².